The van der Waals surface area contributed by atoms with E-state index >= 15 is 0 Å². The molecule has 0 amide bonds. The van der Waals surface area contributed by atoms with Crippen molar-refractivity contribution in [2.75, 3.05) is 20.0 Å². The molecular formula is C14H14N4O2. The van der Waals surface area contributed by atoms with Gasteiger partial charge in [-0.3, -0.25) is 0 Å². The zero-order valence-electron chi connectivity index (χ0n) is 11.2. The Balaban J connectivity index is 2.07. The highest BCUT2D eigenvalue weighted by molar-refractivity contribution is 5.81. The number of aromatic nitrogens is 3. The van der Waals surface area contributed by atoms with Crippen molar-refractivity contribution in [3.63, 3.8) is 0 Å². The van der Waals surface area contributed by atoms with Crippen molar-refractivity contribution in [2.45, 2.75) is 0 Å². The van der Waals surface area contributed by atoms with Crippen LogP contribution in [0.4, 0.5) is 5.69 Å². The van der Waals surface area contributed by atoms with Crippen LogP contribution >= 0.6 is 0 Å². The smallest absolute Gasteiger partial charge is 0.144 e. The van der Waals surface area contributed by atoms with Gasteiger partial charge in [-0.25, -0.2) is 0 Å². The average molecular weight is 270 g/mol. The topological polar surface area (TPSA) is 75.2 Å². The number of nitrogens with zero attached hydrogens (tertiary/aromatic N) is 3. The molecular weight excluding hydrogens is 256 g/mol. The van der Waals surface area contributed by atoms with Crippen LogP contribution in [0.5, 0.6) is 11.5 Å². The number of anilines is 1. The van der Waals surface area contributed by atoms with Crippen molar-refractivity contribution < 1.29 is 9.47 Å². The second kappa shape index (κ2) is 4.73. The third-order valence-corrected chi connectivity index (χ3v) is 3.04. The summed E-state index contributed by atoms with van der Waals surface area (Å²) in [7, 11) is 3.20. The maximum Gasteiger partial charge on any atom is 0.144 e. The van der Waals surface area contributed by atoms with Gasteiger partial charge in [-0.1, -0.05) is 0 Å². The molecule has 102 valence electrons. The zero-order valence-corrected chi connectivity index (χ0v) is 11.2. The van der Waals surface area contributed by atoms with Gasteiger partial charge in [0.05, 0.1) is 25.6 Å². The summed E-state index contributed by atoms with van der Waals surface area (Å²) in [4.78, 5) is 1.56. The van der Waals surface area contributed by atoms with Gasteiger partial charge in [-0.2, -0.15) is 4.80 Å². The Morgan fingerprint density at radius 1 is 0.950 bits per heavy atom. The maximum absolute atomic E-state index is 5.86. The number of ether oxygens (including phenoxy) is 2. The minimum Gasteiger partial charge on any atom is -0.497 e. The number of fused-ring (bicyclic) bond motifs is 1. The SMILES string of the molecule is COc1ccc(-n2nc3cc(N)c(OC)cc3n2)cc1. The number of nitrogen functional groups attached to an aromatic ring is 1. The summed E-state index contributed by atoms with van der Waals surface area (Å²) < 4.78 is 10.3. The Bertz CT molecular complexity index is 750. The zero-order chi connectivity index (χ0) is 14.1. The van der Waals surface area contributed by atoms with Crippen LogP contribution in [0.2, 0.25) is 0 Å². The van der Waals surface area contributed by atoms with Gasteiger partial charge in [0.15, 0.2) is 0 Å². The number of nitrogens with two attached hydrogens (primary N) is 1. The van der Waals surface area contributed by atoms with E-state index in [2.05, 4.69) is 10.2 Å². The molecule has 6 nitrogen and oxygen atoms in total. The molecule has 0 bridgehead atoms. The number of hydrogen-bond donors (Lipinski definition) is 1. The van der Waals surface area contributed by atoms with Crippen LogP contribution in [-0.2, 0) is 0 Å². The molecule has 0 aliphatic carbocycles. The molecule has 2 aromatic carbocycles. The minimum atomic E-state index is 0.543. The van der Waals surface area contributed by atoms with Gasteiger partial charge < -0.3 is 15.2 Å². The summed E-state index contributed by atoms with van der Waals surface area (Å²) in [5.74, 6) is 1.38. The first kappa shape index (κ1) is 12.3. The Labute approximate surface area is 115 Å². The molecule has 0 fully saturated rings. The number of rotatable bonds is 3. The van der Waals surface area contributed by atoms with Gasteiger partial charge >= 0.3 is 0 Å². The highest BCUT2D eigenvalue weighted by atomic mass is 16.5. The number of methoxy groups -OCH3 is 2. The third kappa shape index (κ3) is 2.01. The predicted octanol–water partition coefficient (Wildman–Crippen LogP) is 2.02. The molecule has 6 heteroatoms. The van der Waals surface area contributed by atoms with E-state index in [0.29, 0.717) is 11.4 Å². The van der Waals surface area contributed by atoms with Crippen LogP contribution in [-0.4, -0.2) is 29.2 Å². The van der Waals surface area contributed by atoms with Crippen molar-refractivity contribution in [2.24, 2.45) is 0 Å². The largest absolute Gasteiger partial charge is 0.497 e. The van der Waals surface area contributed by atoms with Gasteiger partial charge in [0.1, 0.15) is 22.5 Å². The quantitative estimate of drug-likeness (QED) is 0.737. The lowest BCUT2D eigenvalue weighted by Gasteiger charge is -2.01. The highest BCUT2D eigenvalue weighted by Gasteiger charge is 2.09. The summed E-state index contributed by atoms with van der Waals surface area (Å²) in [6.07, 6.45) is 0. The Morgan fingerprint density at radius 2 is 1.60 bits per heavy atom. The van der Waals surface area contributed by atoms with Crippen LogP contribution < -0.4 is 15.2 Å². The van der Waals surface area contributed by atoms with Gasteiger partial charge in [0, 0.05) is 6.07 Å². The van der Waals surface area contributed by atoms with Gasteiger partial charge in [0.25, 0.3) is 0 Å². The van der Waals surface area contributed by atoms with Gasteiger partial charge in [-0.05, 0) is 30.3 Å². The van der Waals surface area contributed by atoms with E-state index in [9.17, 15) is 0 Å². The van der Waals surface area contributed by atoms with Crippen LogP contribution in [0.15, 0.2) is 36.4 Å². The molecule has 20 heavy (non-hydrogen) atoms. The minimum absolute atomic E-state index is 0.543. The molecule has 0 radical (unpaired) electrons. The van der Waals surface area contributed by atoms with E-state index in [0.717, 1.165) is 22.5 Å². The van der Waals surface area contributed by atoms with E-state index in [1.807, 2.05) is 24.3 Å². The molecule has 0 saturated heterocycles. The molecule has 0 aliphatic heterocycles. The fourth-order valence-electron chi connectivity index (χ4n) is 1.97. The van der Waals surface area contributed by atoms with E-state index < -0.39 is 0 Å². The molecule has 0 unspecified atom stereocenters. The fourth-order valence-corrected chi connectivity index (χ4v) is 1.97. The summed E-state index contributed by atoms with van der Waals surface area (Å²) in [6, 6.07) is 11.0. The van der Waals surface area contributed by atoms with Crippen molar-refractivity contribution in [1.29, 1.82) is 0 Å². The predicted molar refractivity (Wildman–Crippen MR) is 76.4 cm³/mol. The molecule has 3 aromatic rings. The Morgan fingerprint density at radius 3 is 2.20 bits per heavy atom. The first-order valence-electron chi connectivity index (χ1n) is 6.06. The summed E-state index contributed by atoms with van der Waals surface area (Å²) in [5.41, 5.74) is 8.70. The Hall–Kier alpha value is -2.76. The van der Waals surface area contributed by atoms with Gasteiger partial charge in [-0.15, -0.1) is 10.2 Å². The molecule has 3 rings (SSSR count). The molecule has 0 atom stereocenters. The standard InChI is InChI=1S/C14H14N4O2/c1-19-10-5-3-9(4-6-10)18-16-12-7-11(15)14(20-2)8-13(12)17-18/h3-8H,15H2,1-2H3. The van der Waals surface area contributed by atoms with E-state index in [1.54, 1.807) is 31.1 Å². The first-order valence-corrected chi connectivity index (χ1v) is 6.06. The van der Waals surface area contributed by atoms with Crippen molar-refractivity contribution in [3.05, 3.63) is 36.4 Å². The summed E-state index contributed by atoms with van der Waals surface area (Å²) in [5, 5.41) is 8.82. The molecule has 2 N–H and O–H groups in total. The molecule has 1 aromatic heterocycles. The third-order valence-electron chi connectivity index (χ3n) is 3.04. The average Bonchev–Trinajstić information content (AvgIpc) is 2.89. The van der Waals surface area contributed by atoms with E-state index in [4.69, 9.17) is 15.2 Å². The van der Waals surface area contributed by atoms with Crippen LogP contribution in [0, 0.1) is 0 Å². The van der Waals surface area contributed by atoms with Gasteiger partial charge in [0.2, 0.25) is 0 Å². The van der Waals surface area contributed by atoms with Crippen molar-refractivity contribution in [1.82, 2.24) is 15.0 Å². The fraction of sp³-hybridized carbons (Fsp3) is 0.143. The molecule has 0 spiro atoms. The van der Waals surface area contributed by atoms with E-state index in [-0.39, 0.29) is 0 Å². The van der Waals surface area contributed by atoms with Crippen molar-refractivity contribution >= 4 is 16.7 Å². The van der Waals surface area contributed by atoms with Crippen LogP contribution in [0.25, 0.3) is 16.7 Å². The van der Waals surface area contributed by atoms with Crippen LogP contribution in [0.3, 0.4) is 0 Å². The Kier molecular flexibility index (Phi) is 2.90. The number of hydrogen-bond acceptors (Lipinski definition) is 5. The molecule has 0 aliphatic rings. The molecule has 0 saturated carbocycles. The monoisotopic (exact) mass is 270 g/mol. The second-order valence-electron chi connectivity index (χ2n) is 4.27. The lowest BCUT2D eigenvalue weighted by atomic mass is 10.2. The normalized spacial score (nSPS) is 10.7. The second-order valence-corrected chi connectivity index (χ2v) is 4.27. The lowest BCUT2D eigenvalue weighted by Crippen LogP contribution is -1.98. The summed E-state index contributed by atoms with van der Waals surface area (Å²) in [6.45, 7) is 0. The maximum atomic E-state index is 5.86. The highest BCUT2D eigenvalue weighted by Crippen LogP contribution is 2.26. The summed E-state index contributed by atoms with van der Waals surface area (Å²) >= 11 is 0. The van der Waals surface area contributed by atoms with Crippen molar-refractivity contribution in [3.8, 4) is 17.2 Å². The lowest BCUT2D eigenvalue weighted by molar-refractivity contribution is 0.414. The van der Waals surface area contributed by atoms with Crippen LogP contribution in [0.1, 0.15) is 0 Å². The number of benzene rings is 2. The molecule has 1 heterocycles. The van der Waals surface area contributed by atoms with E-state index in [1.165, 1.54) is 0 Å². The first-order chi connectivity index (χ1) is 9.71.